The molecule has 2 saturated heterocycles. The fourth-order valence-corrected chi connectivity index (χ4v) is 7.70. The number of nitrogens with zero attached hydrogens (tertiary/aromatic N) is 1. The van der Waals surface area contributed by atoms with E-state index in [1.54, 1.807) is 0 Å². The van der Waals surface area contributed by atoms with Crippen LogP contribution in [0, 0.1) is 18.8 Å². The number of hydrogen-bond acceptors (Lipinski definition) is 4. The summed E-state index contributed by atoms with van der Waals surface area (Å²) in [5.41, 5.74) is 0.731. The highest BCUT2D eigenvalue weighted by Crippen LogP contribution is 2.56. The van der Waals surface area contributed by atoms with Crippen molar-refractivity contribution in [2.75, 3.05) is 5.32 Å². The minimum absolute atomic E-state index is 0.00161. The van der Waals surface area contributed by atoms with Crippen molar-refractivity contribution < 1.29 is 19.1 Å². The Morgan fingerprint density at radius 2 is 1.53 bits per heavy atom. The predicted octanol–water partition coefficient (Wildman–Crippen LogP) is 4.65. The maximum atomic E-state index is 14.3. The molecule has 1 aromatic carbocycles. The maximum absolute atomic E-state index is 14.3. The number of anilines is 1. The molecular weight excluding hydrogens is 478 g/mol. The first-order valence-electron chi connectivity index (χ1n) is 14.9. The van der Waals surface area contributed by atoms with Gasteiger partial charge in [0.1, 0.15) is 11.6 Å². The van der Waals surface area contributed by atoms with E-state index in [0.717, 1.165) is 69.8 Å². The van der Waals surface area contributed by atoms with Crippen LogP contribution >= 0.6 is 0 Å². The number of carbonyl (C=O) groups is 3. The van der Waals surface area contributed by atoms with Crippen molar-refractivity contribution in [1.82, 2.24) is 10.2 Å². The number of hydrogen-bond donors (Lipinski definition) is 2. The average Bonchev–Trinajstić information content (AvgIpc) is 3.53. The second-order valence-corrected chi connectivity index (χ2v) is 12.1. The van der Waals surface area contributed by atoms with E-state index in [9.17, 15) is 14.4 Å². The van der Waals surface area contributed by atoms with Gasteiger partial charge in [0.05, 0.1) is 17.9 Å². The summed E-state index contributed by atoms with van der Waals surface area (Å²) in [6.07, 6.45) is 16.2. The number of rotatable bonds is 5. The van der Waals surface area contributed by atoms with E-state index in [0.29, 0.717) is 5.69 Å². The summed E-state index contributed by atoms with van der Waals surface area (Å²) in [5.74, 6) is -1.75. The zero-order chi connectivity index (χ0) is 26.3. The van der Waals surface area contributed by atoms with Crippen LogP contribution in [0.25, 0.3) is 0 Å². The van der Waals surface area contributed by atoms with E-state index in [1.807, 2.05) is 48.2 Å². The van der Waals surface area contributed by atoms with E-state index >= 15 is 0 Å². The van der Waals surface area contributed by atoms with Gasteiger partial charge in [-0.15, -0.1) is 0 Å². The van der Waals surface area contributed by atoms with Crippen LogP contribution in [0.1, 0.15) is 82.6 Å². The van der Waals surface area contributed by atoms with Crippen molar-refractivity contribution in [2.24, 2.45) is 11.8 Å². The molecule has 38 heavy (non-hydrogen) atoms. The Hall–Kier alpha value is -2.67. The number of likely N-dealkylation sites (tertiary alicyclic amines) is 1. The lowest BCUT2D eigenvalue weighted by Crippen LogP contribution is -2.58. The summed E-state index contributed by atoms with van der Waals surface area (Å²) >= 11 is 0. The van der Waals surface area contributed by atoms with Gasteiger partial charge in [-0.1, -0.05) is 81.2 Å². The van der Waals surface area contributed by atoms with Crippen LogP contribution < -0.4 is 10.6 Å². The molecule has 3 aliphatic heterocycles. The molecule has 1 aromatic rings. The summed E-state index contributed by atoms with van der Waals surface area (Å²) in [5, 5.41) is 6.33. The van der Waals surface area contributed by atoms with Crippen LogP contribution in [0.5, 0.6) is 0 Å². The Morgan fingerprint density at radius 1 is 0.895 bits per heavy atom. The molecule has 3 heterocycles. The smallest absolute Gasteiger partial charge is 0.246 e. The molecule has 6 rings (SSSR count). The standard InChI is InChI=1S/C31H41N3O4/c1-20-14-16-22(17-15-20)32-28(35)25-24-18-19-31(38-24)26(25)30(37)34(23-12-8-3-2-4-9-13-23)27(31)29(36)33-21-10-6-5-7-11-21/h14-19,21,23-27H,2-13H2,1H3,(H,32,35)(H,33,36)/t24-,25-,26-,27+,31-/m0/s1. The summed E-state index contributed by atoms with van der Waals surface area (Å²) in [4.78, 5) is 43.9. The molecule has 2 saturated carbocycles. The Morgan fingerprint density at radius 3 is 2.24 bits per heavy atom. The molecule has 2 N–H and O–H groups in total. The van der Waals surface area contributed by atoms with E-state index in [4.69, 9.17) is 4.74 Å². The second kappa shape index (κ2) is 10.5. The van der Waals surface area contributed by atoms with Gasteiger partial charge in [-0.05, 0) is 44.7 Å². The highest BCUT2D eigenvalue weighted by atomic mass is 16.5. The average molecular weight is 520 g/mol. The van der Waals surface area contributed by atoms with Gasteiger partial charge in [-0.3, -0.25) is 14.4 Å². The number of fused-ring (bicyclic) bond motifs is 1. The van der Waals surface area contributed by atoms with Crippen molar-refractivity contribution in [3.05, 3.63) is 42.0 Å². The van der Waals surface area contributed by atoms with E-state index in [2.05, 4.69) is 10.6 Å². The SMILES string of the molecule is Cc1ccc(NC(=O)[C@H]2[C@@H]3C=C[C@]4(O3)[C@@H]2C(=O)N(C2CCCCCCC2)[C@@H]4C(=O)NC2CCCCC2)cc1. The minimum Gasteiger partial charge on any atom is -0.359 e. The Balaban J connectivity index is 1.31. The van der Waals surface area contributed by atoms with Crippen LogP contribution in [0.2, 0.25) is 0 Å². The summed E-state index contributed by atoms with van der Waals surface area (Å²) in [7, 11) is 0. The fourth-order valence-electron chi connectivity index (χ4n) is 7.70. The fraction of sp³-hybridized carbons (Fsp3) is 0.645. The van der Waals surface area contributed by atoms with Gasteiger partial charge in [0, 0.05) is 17.8 Å². The molecule has 3 amide bonds. The third-order valence-electron chi connectivity index (χ3n) is 9.60. The summed E-state index contributed by atoms with van der Waals surface area (Å²) in [6.45, 7) is 2.00. The molecule has 0 aromatic heterocycles. The van der Waals surface area contributed by atoms with Crippen LogP contribution in [-0.2, 0) is 19.1 Å². The molecule has 5 aliphatic rings. The summed E-state index contributed by atoms with van der Waals surface area (Å²) < 4.78 is 6.55. The lowest BCUT2D eigenvalue weighted by molar-refractivity contribution is -0.144. The number of carbonyl (C=O) groups excluding carboxylic acids is 3. The molecule has 2 aliphatic carbocycles. The maximum Gasteiger partial charge on any atom is 0.246 e. The van der Waals surface area contributed by atoms with Gasteiger partial charge in [-0.2, -0.15) is 0 Å². The van der Waals surface area contributed by atoms with Crippen molar-refractivity contribution in [2.45, 2.75) is 114 Å². The number of nitrogens with one attached hydrogen (secondary N) is 2. The number of benzene rings is 1. The highest BCUT2D eigenvalue weighted by molar-refractivity contribution is 6.03. The van der Waals surface area contributed by atoms with Gasteiger partial charge in [-0.25, -0.2) is 0 Å². The monoisotopic (exact) mass is 519 g/mol. The van der Waals surface area contributed by atoms with Crippen LogP contribution in [0.15, 0.2) is 36.4 Å². The van der Waals surface area contributed by atoms with Gasteiger partial charge in [0.25, 0.3) is 0 Å². The zero-order valence-electron chi connectivity index (χ0n) is 22.5. The molecular formula is C31H41N3O4. The first-order valence-corrected chi connectivity index (χ1v) is 14.9. The van der Waals surface area contributed by atoms with Gasteiger partial charge < -0.3 is 20.3 Å². The lowest BCUT2D eigenvalue weighted by atomic mass is 9.74. The first-order chi connectivity index (χ1) is 18.5. The third kappa shape index (κ3) is 4.47. The van der Waals surface area contributed by atoms with E-state index in [1.165, 1.54) is 12.8 Å². The molecule has 0 unspecified atom stereocenters. The third-order valence-corrected chi connectivity index (χ3v) is 9.60. The predicted molar refractivity (Wildman–Crippen MR) is 145 cm³/mol. The zero-order valence-corrected chi connectivity index (χ0v) is 22.5. The quantitative estimate of drug-likeness (QED) is 0.555. The Labute approximate surface area is 225 Å². The van der Waals surface area contributed by atoms with E-state index in [-0.39, 0.29) is 29.8 Å². The van der Waals surface area contributed by atoms with Crippen LogP contribution in [0.3, 0.4) is 0 Å². The van der Waals surface area contributed by atoms with Gasteiger partial charge >= 0.3 is 0 Å². The van der Waals surface area contributed by atoms with Crippen molar-refractivity contribution in [3.63, 3.8) is 0 Å². The minimum atomic E-state index is -1.09. The topological polar surface area (TPSA) is 87.7 Å². The molecule has 2 bridgehead atoms. The molecule has 5 atom stereocenters. The molecule has 0 radical (unpaired) electrons. The highest BCUT2D eigenvalue weighted by Gasteiger charge is 2.73. The normalized spacial score (nSPS) is 33.6. The Kier molecular flexibility index (Phi) is 7.06. The van der Waals surface area contributed by atoms with E-state index < -0.39 is 29.6 Å². The van der Waals surface area contributed by atoms with Crippen LogP contribution in [-0.4, -0.2) is 52.5 Å². The largest absolute Gasteiger partial charge is 0.359 e. The summed E-state index contributed by atoms with van der Waals surface area (Å²) in [6, 6.07) is 7.08. The molecule has 7 nitrogen and oxygen atoms in total. The van der Waals surface area contributed by atoms with Crippen molar-refractivity contribution in [3.8, 4) is 0 Å². The molecule has 204 valence electrons. The van der Waals surface area contributed by atoms with Gasteiger partial charge in [0.2, 0.25) is 17.7 Å². The van der Waals surface area contributed by atoms with Crippen LogP contribution in [0.4, 0.5) is 5.69 Å². The second-order valence-electron chi connectivity index (χ2n) is 12.1. The molecule has 4 fully saturated rings. The lowest BCUT2D eigenvalue weighted by Gasteiger charge is -2.38. The van der Waals surface area contributed by atoms with Crippen molar-refractivity contribution in [1.29, 1.82) is 0 Å². The Bertz CT molecular complexity index is 1090. The molecule has 7 heteroatoms. The van der Waals surface area contributed by atoms with Gasteiger partial charge in [0.15, 0.2) is 0 Å². The number of amides is 3. The first kappa shape index (κ1) is 25.6. The molecule has 1 spiro atoms. The number of aryl methyl sites for hydroxylation is 1. The van der Waals surface area contributed by atoms with Crippen molar-refractivity contribution >= 4 is 23.4 Å². The number of ether oxygens (including phenoxy) is 1.